The second kappa shape index (κ2) is 4.64. The second-order valence-corrected chi connectivity index (χ2v) is 5.39. The third-order valence-electron chi connectivity index (χ3n) is 3.27. The van der Waals surface area contributed by atoms with Crippen LogP contribution in [0.4, 0.5) is 5.95 Å². The maximum absolute atomic E-state index is 6.08. The summed E-state index contributed by atoms with van der Waals surface area (Å²) >= 11 is 12.1. The van der Waals surface area contributed by atoms with E-state index in [0.29, 0.717) is 21.5 Å². The van der Waals surface area contributed by atoms with Gasteiger partial charge in [0.15, 0.2) is 5.82 Å². The predicted molar refractivity (Wildman–Crippen MR) is 79.0 cm³/mol. The lowest BCUT2D eigenvalue weighted by Crippen LogP contribution is -2.14. The third-order valence-corrected chi connectivity index (χ3v) is 3.99. The summed E-state index contributed by atoms with van der Waals surface area (Å²) < 4.78 is 3.70. The highest BCUT2D eigenvalue weighted by Crippen LogP contribution is 2.32. The van der Waals surface area contributed by atoms with E-state index in [1.54, 1.807) is 18.5 Å². The molecule has 1 atom stereocenters. The molecule has 0 aliphatic carbocycles. The number of aromatic nitrogens is 5. The molecule has 6 nitrogen and oxygen atoms in total. The summed E-state index contributed by atoms with van der Waals surface area (Å²) in [6, 6.07) is 3.34. The average Bonchev–Trinajstić information content (AvgIpc) is 2.93. The highest BCUT2D eigenvalue weighted by Gasteiger charge is 2.20. The minimum atomic E-state index is -0.121. The van der Waals surface area contributed by atoms with E-state index in [0.717, 1.165) is 11.3 Å². The first-order valence-corrected chi connectivity index (χ1v) is 6.71. The Morgan fingerprint density at radius 3 is 2.60 bits per heavy atom. The Balaban J connectivity index is 2.23. The van der Waals surface area contributed by atoms with E-state index >= 15 is 0 Å². The molecule has 2 heterocycles. The average molecular weight is 311 g/mol. The van der Waals surface area contributed by atoms with Gasteiger partial charge in [-0.2, -0.15) is 0 Å². The van der Waals surface area contributed by atoms with Gasteiger partial charge in [-0.3, -0.25) is 4.57 Å². The monoisotopic (exact) mass is 310 g/mol. The summed E-state index contributed by atoms with van der Waals surface area (Å²) in [5.74, 6) is 1.16. The van der Waals surface area contributed by atoms with E-state index in [-0.39, 0.29) is 6.04 Å². The van der Waals surface area contributed by atoms with Gasteiger partial charge in [0.25, 0.3) is 0 Å². The quantitative estimate of drug-likeness (QED) is 0.789. The van der Waals surface area contributed by atoms with Crippen LogP contribution in [0.15, 0.2) is 18.5 Å². The molecule has 104 valence electrons. The van der Waals surface area contributed by atoms with Crippen molar-refractivity contribution in [3.63, 3.8) is 0 Å². The van der Waals surface area contributed by atoms with Crippen LogP contribution in [0.1, 0.15) is 18.8 Å². The van der Waals surface area contributed by atoms with Gasteiger partial charge in [-0.05, 0) is 19.1 Å². The zero-order valence-corrected chi connectivity index (χ0v) is 12.4. The van der Waals surface area contributed by atoms with Crippen LogP contribution in [0.5, 0.6) is 0 Å². The number of fused-ring (bicyclic) bond motifs is 1. The van der Waals surface area contributed by atoms with Crippen LogP contribution in [-0.4, -0.2) is 24.3 Å². The smallest absolute Gasteiger partial charge is 0.201 e. The molecule has 8 heteroatoms. The van der Waals surface area contributed by atoms with Crippen molar-refractivity contribution in [2.75, 3.05) is 5.73 Å². The van der Waals surface area contributed by atoms with Gasteiger partial charge in [0, 0.05) is 7.05 Å². The number of imidazole rings is 1. The van der Waals surface area contributed by atoms with Crippen molar-refractivity contribution < 1.29 is 0 Å². The number of hydrogen-bond acceptors (Lipinski definition) is 4. The number of halogens is 2. The van der Waals surface area contributed by atoms with Gasteiger partial charge < -0.3 is 10.3 Å². The summed E-state index contributed by atoms with van der Waals surface area (Å²) in [6.45, 7) is 1.98. The molecule has 3 aromatic rings. The van der Waals surface area contributed by atoms with E-state index in [9.17, 15) is 0 Å². The van der Waals surface area contributed by atoms with Crippen molar-refractivity contribution in [2.45, 2.75) is 13.0 Å². The summed E-state index contributed by atoms with van der Waals surface area (Å²) in [6.07, 6.45) is 1.64. The molecule has 0 aliphatic heterocycles. The van der Waals surface area contributed by atoms with Crippen LogP contribution in [0.25, 0.3) is 11.0 Å². The van der Waals surface area contributed by atoms with Crippen LogP contribution in [-0.2, 0) is 7.05 Å². The first kappa shape index (κ1) is 13.2. The molecule has 2 aromatic heterocycles. The zero-order chi connectivity index (χ0) is 14.4. The van der Waals surface area contributed by atoms with Crippen LogP contribution < -0.4 is 5.73 Å². The largest absolute Gasteiger partial charge is 0.369 e. The van der Waals surface area contributed by atoms with Gasteiger partial charge in [0.05, 0.1) is 27.1 Å². The standard InChI is InChI=1S/C12H12Cl2N6/c1-6(11-18-16-5-19(11)2)20-10-4-8(14)7(13)3-9(10)17-12(20)15/h3-6H,1-2H3,(H2,15,17). The molecular weight excluding hydrogens is 299 g/mol. The Labute approximate surface area is 125 Å². The number of benzene rings is 1. The van der Waals surface area contributed by atoms with Crippen molar-refractivity contribution in [3.05, 3.63) is 34.3 Å². The van der Waals surface area contributed by atoms with Gasteiger partial charge in [0.2, 0.25) is 5.95 Å². The van der Waals surface area contributed by atoms with E-state index < -0.39 is 0 Å². The lowest BCUT2D eigenvalue weighted by atomic mass is 10.2. The molecule has 0 bridgehead atoms. The molecule has 0 fully saturated rings. The van der Waals surface area contributed by atoms with E-state index in [4.69, 9.17) is 28.9 Å². The summed E-state index contributed by atoms with van der Waals surface area (Å²) in [5, 5.41) is 8.91. The normalized spacial score (nSPS) is 13.0. The Bertz CT molecular complexity index is 791. The van der Waals surface area contributed by atoms with Gasteiger partial charge in [-0.1, -0.05) is 23.2 Å². The van der Waals surface area contributed by atoms with Crippen LogP contribution in [0.3, 0.4) is 0 Å². The fourth-order valence-electron chi connectivity index (χ4n) is 2.30. The zero-order valence-electron chi connectivity index (χ0n) is 10.9. The molecule has 1 unspecified atom stereocenters. The highest BCUT2D eigenvalue weighted by atomic mass is 35.5. The maximum atomic E-state index is 6.08. The van der Waals surface area contributed by atoms with Crippen molar-refractivity contribution in [3.8, 4) is 0 Å². The lowest BCUT2D eigenvalue weighted by molar-refractivity contribution is 0.594. The molecule has 0 amide bonds. The van der Waals surface area contributed by atoms with Crippen molar-refractivity contribution in [1.29, 1.82) is 0 Å². The van der Waals surface area contributed by atoms with Crippen LogP contribution >= 0.6 is 23.2 Å². The van der Waals surface area contributed by atoms with Crippen LogP contribution in [0, 0.1) is 0 Å². The highest BCUT2D eigenvalue weighted by molar-refractivity contribution is 6.42. The van der Waals surface area contributed by atoms with Crippen molar-refractivity contribution >= 4 is 40.2 Å². The third kappa shape index (κ3) is 1.92. The van der Waals surface area contributed by atoms with Gasteiger partial charge >= 0.3 is 0 Å². The SMILES string of the molecule is CC(c1nncn1C)n1c(N)nc2cc(Cl)c(Cl)cc21. The molecule has 20 heavy (non-hydrogen) atoms. The van der Waals surface area contributed by atoms with E-state index in [1.807, 2.05) is 23.1 Å². The fourth-order valence-corrected chi connectivity index (χ4v) is 2.62. The molecule has 0 saturated carbocycles. The lowest BCUT2D eigenvalue weighted by Gasteiger charge is -2.15. The second-order valence-electron chi connectivity index (χ2n) is 4.57. The fraction of sp³-hybridized carbons (Fsp3) is 0.250. The number of rotatable bonds is 2. The summed E-state index contributed by atoms with van der Waals surface area (Å²) in [4.78, 5) is 4.32. The number of nitrogens with two attached hydrogens (primary N) is 1. The molecule has 0 aliphatic rings. The number of hydrogen-bond donors (Lipinski definition) is 1. The minimum Gasteiger partial charge on any atom is -0.369 e. The predicted octanol–water partition coefficient (Wildman–Crippen LogP) is 2.66. The van der Waals surface area contributed by atoms with Crippen LogP contribution in [0.2, 0.25) is 10.0 Å². The van der Waals surface area contributed by atoms with Gasteiger partial charge in [0.1, 0.15) is 6.33 Å². The van der Waals surface area contributed by atoms with Crippen molar-refractivity contribution in [2.24, 2.45) is 7.05 Å². The topological polar surface area (TPSA) is 74.5 Å². The summed E-state index contributed by atoms with van der Waals surface area (Å²) in [7, 11) is 1.88. The Morgan fingerprint density at radius 2 is 1.95 bits per heavy atom. The molecule has 0 saturated heterocycles. The Kier molecular flexibility index (Phi) is 3.07. The molecular formula is C12H12Cl2N6. The molecule has 2 N–H and O–H groups in total. The first-order valence-electron chi connectivity index (χ1n) is 5.95. The number of nitrogens with zero attached hydrogens (tertiary/aromatic N) is 5. The Morgan fingerprint density at radius 1 is 1.25 bits per heavy atom. The summed E-state index contributed by atoms with van der Waals surface area (Å²) in [5.41, 5.74) is 7.53. The molecule has 0 spiro atoms. The molecule has 0 radical (unpaired) electrons. The molecule has 1 aromatic carbocycles. The van der Waals surface area contributed by atoms with Crippen molar-refractivity contribution in [1.82, 2.24) is 24.3 Å². The maximum Gasteiger partial charge on any atom is 0.201 e. The Hall–Kier alpha value is -1.79. The number of aryl methyl sites for hydroxylation is 1. The molecule has 3 rings (SSSR count). The minimum absolute atomic E-state index is 0.121. The van der Waals surface area contributed by atoms with Gasteiger partial charge in [-0.15, -0.1) is 10.2 Å². The van der Waals surface area contributed by atoms with Gasteiger partial charge in [-0.25, -0.2) is 4.98 Å². The number of nitrogen functional groups attached to an aromatic ring is 1. The van der Waals surface area contributed by atoms with E-state index in [1.165, 1.54) is 0 Å². The number of anilines is 1. The van der Waals surface area contributed by atoms with E-state index in [2.05, 4.69) is 15.2 Å². The first-order chi connectivity index (χ1) is 9.49.